The van der Waals surface area contributed by atoms with E-state index in [1.54, 1.807) is 14.1 Å². The Morgan fingerprint density at radius 3 is 2.48 bits per heavy atom. The van der Waals surface area contributed by atoms with Gasteiger partial charge >= 0.3 is 0 Å². The summed E-state index contributed by atoms with van der Waals surface area (Å²) in [6.45, 7) is 6.48. The molecular formula is C18H30N4O. The Morgan fingerprint density at radius 1 is 1.26 bits per heavy atom. The van der Waals surface area contributed by atoms with Crippen LogP contribution in [-0.2, 0) is 11.2 Å². The van der Waals surface area contributed by atoms with Gasteiger partial charge in [-0.1, -0.05) is 30.3 Å². The number of amides is 1. The molecule has 128 valence electrons. The second kappa shape index (κ2) is 9.18. The molecule has 0 saturated carbocycles. The van der Waals surface area contributed by atoms with E-state index in [0.29, 0.717) is 12.6 Å². The predicted octanol–water partition coefficient (Wildman–Crippen LogP) is 1.94. The average molecular weight is 318 g/mol. The zero-order valence-corrected chi connectivity index (χ0v) is 14.9. The minimum atomic E-state index is -0.486. The van der Waals surface area contributed by atoms with Crippen LogP contribution < -0.4 is 16.0 Å². The number of aliphatic imine (C=N–C) groups is 1. The molecule has 0 aliphatic rings. The molecule has 0 aliphatic carbocycles. The molecule has 5 nitrogen and oxygen atoms in total. The highest BCUT2D eigenvalue weighted by atomic mass is 16.2. The normalized spacial score (nSPS) is 13.3. The lowest BCUT2D eigenvalue weighted by Gasteiger charge is -2.25. The van der Waals surface area contributed by atoms with Crippen molar-refractivity contribution in [3.8, 4) is 0 Å². The van der Waals surface area contributed by atoms with E-state index >= 15 is 0 Å². The summed E-state index contributed by atoms with van der Waals surface area (Å²) in [5.41, 5.74) is 0.851. The van der Waals surface area contributed by atoms with Crippen molar-refractivity contribution >= 4 is 11.9 Å². The summed E-state index contributed by atoms with van der Waals surface area (Å²) in [5.74, 6) is 0.736. The Labute approximate surface area is 140 Å². The Hall–Kier alpha value is -2.04. The maximum absolute atomic E-state index is 11.8. The molecule has 0 radical (unpaired) electrons. The molecule has 0 saturated heterocycles. The van der Waals surface area contributed by atoms with Crippen molar-refractivity contribution in [3.63, 3.8) is 0 Å². The van der Waals surface area contributed by atoms with Crippen LogP contribution in [0.2, 0.25) is 0 Å². The topological polar surface area (TPSA) is 65.5 Å². The third-order valence-corrected chi connectivity index (χ3v) is 3.86. The first-order valence-electron chi connectivity index (χ1n) is 8.12. The highest BCUT2D eigenvalue weighted by Crippen LogP contribution is 2.13. The molecule has 5 heteroatoms. The molecule has 1 amide bonds. The number of hydrogen-bond donors (Lipinski definition) is 3. The van der Waals surface area contributed by atoms with Crippen LogP contribution in [0.5, 0.6) is 0 Å². The zero-order chi connectivity index (χ0) is 17.3. The number of benzene rings is 1. The van der Waals surface area contributed by atoms with Crippen molar-refractivity contribution < 1.29 is 4.79 Å². The number of carbonyl (C=O) groups is 1. The molecule has 0 bridgehead atoms. The smallest absolute Gasteiger partial charge is 0.227 e. The van der Waals surface area contributed by atoms with Crippen LogP contribution in [0.4, 0.5) is 0 Å². The lowest BCUT2D eigenvalue weighted by atomic mass is 9.92. The molecule has 3 N–H and O–H groups in total. The number of carbonyl (C=O) groups excluding carboxylic acids is 1. The minimum Gasteiger partial charge on any atom is -0.359 e. The maximum Gasteiger partial charge on any atom is 0.227 e. The van der Waals surface area contributed by atoms with E-state index in [-0.39, 0.29) is 5.91 Å². The number of nitrogens with zero attached hydrogens (tertiary/aromatic N) is 1. The van der Waals surface area contributed by atoms with E-state index in [1.165, 1.54) is 5.56 Å². The fourth-order valence-corrected chi connectivity index (χ4v) is 2.25. The van der Waals surface area contributed by atoms with Crippen molar-refractivity contribution in [2.75, 3.05) is 20.6 Å². The molecule has 1 aromatic carbocycles. The molecule has 1 atom stereocenters. The van der Waals surface area contributed by atoms with Gasteiger partial charge in [0, 0.05) is 26.7 Å². The first-order chi connectivity index (χ1) is 10.9. The monoisotopic (exact) mass is 318 g/mol. The lowest BCUT2D eigenvalue weighted by molar-refractivity contribution is -0.128. The summed E-state index contributed by atoms with van der Waals surface area (Å²) >= 11 is 0. The van der Waals surface area contributed by atoms with E-state index in [4.69, 9.17) is 0 Å². The van der Waals surface area contributed by atoms with Gasteiger partial charge in [-0.15, -0.1) is 0 Å². The Bertz CT molecular complexity index is 511. The third kappa shape index (κ3) is 6.72. The number of aryl methyl sites for hydroxylation is 1. The number of guanidine groups is 1. The van der Waals surface area contributed by atoms with Gasteiger partial charge in [0.2, 0.25) is 5.91 Å². The van der Waals surface area contributed by atoms with Crippen molar-refractivity contribution in [2.45, 2.75) is 39.7 Å². The minimum absolute atomic E-state index is 0.0116. The fraction of sp³-hybridized carbons (Fsp3) is 0.556. The summed E-state index contributed by atoms with van der Waals surface area (Å²) in [6.07, 6.45) is 2.04. The summed E-state index contributed by atoms with van der Waals surface area (Å²) in [7, 11) is 3.40. The van der Waals surface area contributed by atoms with Gasteiger partial charge in [-0.2, -0.15) is 0 Å². The Morgan fingerprint density at radius 2 is 1.91 bits per heavy atom. The maximum atomic E-state index is 11.8. The third-order valence-electron chi connectivity index (χ3n) is 3.86. The van der Waals surface area contributed by atoms with E-state index in [1.807, 2.05) is 19.9 Å². The van der Waals surface area contributed by atoms with Gasteiger partial charge in [0.15, 0.2) is 5.96 Å². The molecule has 1 aromatic rings. The summed E-state index contributed by atoms with van der Waals surface area (Å²) in [4.78, 5) is 16.0. The summed E-state index contributed by atoms with van der Waals surface area (Å²) in [5, 5.41) is 9.29. The number of nitrogens with one attached hydrogen (secondary N) is 3. The van der Waals surface area contributed by atoms with Crippen LogP contribution in [0, 0.1) is 5.41 Å². The summed E-state index contributed by atoms with van der Waals surface area (Å²) < 4.78 is 0. The number of hydrogen-bond acceptors (Lipinski definition) is 2. The predicted molar refractivity (Wildman–Crippen MR) is 96.6 cm³/mol. The van der Waals surface area contributed by atoms with Crippen LogP contribution in [0.15, 0.2) is 35.3 Å². The SMILES string of the molecule is CN=C(NCC(C)(C)C(=O)NC)NC(C)CCc1ccccc1. The van der Waals surface area contributed by atoms with Crippen molar-refractivity contribution in [1.29, 1.82) is 0 Å². The van der Waals surface area contributed by atoms with Crippen LogP contribution in [0.25, 0.3) is 0 Å². The molecule has 23 heavy (non-hydrogen) atoms. The molecule has 0 aliphatic heterocycles. The lowest BCUT2D eigenvalue weighted by Crippen LogP contribution is -2.49. The molecular weight excluding hydrogens is 288 g/mol. The van der Waals surface area contributed by atoms with E-state index in [9.17, 15) is 4.79 Å². The molecule has 0 spiro atoms. The largest absolute Gasteiger partial charge is 0.359 e. The van der Waals surface area contributed by atoms with Crippen molar-refractivity contribution in [2.24, 2.45) is 10.4 Å². The van der Waals surface area contributed by atoms with Gasteiger partial charge in [0.25, 0.3) is 0 Å². The zero-order valence-electron chi connectivity index (χ0n) is 14.9. The fourth-order valence-electron chi connectivity index (χ4n) is 2.25. The van der Waals surface area contributed by atoms with Gasteiger partial charge in [0.1, 0.15) is 0 Å². The van der Waals surface area contributed by atoms with E-state index < -0.39 is 5.41 Å². The average Bonchev–Trinajstić information content (AvgIpc) is 2.56. The van der Waals surface area contributed by atoms with Crippen LogP contribution in [0.1, 0.15) is 32.8 Å². The van der Waals surface area contributed by atoms with E-state index in [2.05, 4.69) is 52.1 Å². The highest BCUT2D eigenvalue weighted by molar-refractivity contribution is 5.84. The number of rotatable bonds is 7. The van der Waals surface area contributed by atoms with Crippen LogP contribution in [-0.4, -0.2) is 38.5 Å². The Balaban J connectivity index is 2.42. The van der Waals surface area contributed by atoms with Gasteiger partial charge in [-0.05, 0) is 39.2 Å². The standard InChI is InChI=1S/C18H30N4O/c1-14(11-12-15-9-7-6-8-10-15)22-17(20-5)21-13-18(2,3)16(23)19-4/h6-10,14H,11-13H2,1-5H3,(H,19,23)(H2,20,21,22). The molecule has 0 heterocycles. The molecule has 1 rings (SSSR count). The highest BCUT2D eigenvalue weighted by Gasteiger charge is 2.26. The Kier molecular flexibility index (Phi) is 7.59. The van der Waals surface area contributed by atoms with Gasteiger partial charge in [0.05, 0.1) is 5.41 Å². The van der Waals surface area contributed by atoms with Crippen LogP contribution >= 0.6 is 0 Å². The second-order valence-corrected chi connectivity index (χ2v) is 6.46. The summed E-state index contributed by atoms with van der Waals surface area (Å²) in [6, 6.07) is 10.7. The second-order valence-electron chi connectivity index (χ2n) is 6.46. The van der Waals surface area contributed by atoms with Gasteiger partial charge < -0.3 is 16.0 Å². The van der Waals surface area contributed by atoms with Gasteiger partial charge in [-0.25, -0.2) is 0 Å². The molecule has 1 unspecified atom stereocenters. The molecule has 0 fully saturated rings. The first kappa shape index (κ1) is 19.0. The van der Waals surface area contributed by atoms with Crippen molar-refractivity contribution in [3.05, 3.63) is 35.9 Å². The first-order valence-corrected chi connectivity index (χ1v) is 8.12. The van der Waals surface area contributed by atoms with Crippen molar-refractivity contribution in [1.82, 2.24) is 16.0 Å². The van der Waals surface area contributed by atoms with Crippen LogP contribution in [0.3, 0.4) is 0 Å². The quantitative estimate of drug-likeness (QED) is 0.532. The van der Waals surface area contributed by atoms with E-state index in [0.717, 1.165) is 18.8 Å². The molecule has 0 aromatic heterocycles. The van der Waals surface area contributed by atoms with Gasteiger partial charge in [-0.3, -0.25) is 9.79 Å².